The summed E-state index contributed by atoms with van der Waals surface area (Å²) in [5, 5.41) is 28.1. The Morgan fingerprint density at radius 1 is 1.09 bits per heavy atom. The van der Waals surface area contributed by atoms with Gasteiger partial charge in [-0.3, -0.25) is 4.99 Å². The molecule has 2 aromatic rings. The number of ether oxygens (including phenoxy) is 1. The van der Waals surface area contributed by atoms with E-state index < -0.39 is 18.4 Å². The van der Waals surface area contributed by atoms with Gasteiger partial charge in [-0.1, -0.05) is 44.0 Å². The van der Waals surface area contributed by atoms with Gasteiger partial charge < -0.3 is 30.9 Å². The Morgan fingerprint density at radius 2 is 1.91 bits per heavy atom. The van der Waals surface area contributed by atoms with Crippen LogP contribution in [0.3, 0.4) is 0 Å². The number of nitrogens with one attached hydrogen (secondary N) is 3. The summed E-state index contributed by atoms with van der Waals surface area (Å²) in [6.45, 7) is 3.91. The van der Waals surface area contributed by atoms with Crippen molar-refractivity contribution in [2.45, 2.75) is 70.8 Å². The van der Waals surface area contributed by atoms with Crippen LogP contribution in [0.5, 0.6) is 5.75 Å². The minimum atomic E-state index is -1.66. The van der Waals surface area contributed by atoms with Gasteiger partial charge in [0.25, 0.3) is 0 Å². The molecule has 0 bridgehead atoms. The van der Waals surface area contributed by atoms with Gasteiger partial charge in [-0.25, -0.2) is 4.79 Å². The SMILES string of the molecule is CCCCNC(=O)NC(Cc1ccc(OCc2cccc(NC3=NCCCCC3)c2)cc1)C(O)O. The number of unbranched alkanes of at least 4 members (excludes halogenated alkanes) is 1. The van der Waals surface area contributed by atoms with Gasteiger partial charge in [0.05, 0.1) is 6.04 Å². The molecule has 0 aromatic heterocycles. The lowest BCUT2D eigenvalue weighted by Gasteiger charge is -2.21. The Labute approximate surface area is 207 Å². The van der Waals surface area contributed by atoms with Crippen molar-refractivity contribution in [1.29, 1.82) is 0 Å². The van der Waals surface area contributed by atoms with Crippen LogP contribution in [-0.2, 0) is 13.0 Å². The molecular weight excluding hydrogens is 444 g/mol. The summed E-state index contributed by atoms with van der Waals surface area (Å²) in [7, 11) is 0. The molecule has 0 fully saturated rings. The quantitative estimate of drug-likeness (QED) is 0.246. The number of hydrogen-bond acceptors (Lipinski definition) is 6. The summed E-state index contributed by atoms with van der Waals surface area (Å²) < 4.78 is 5.95. The molecule has 1 aliphatic heterocycles. The number of amidine groups is 1. The fourth-order valence-electron chi connectivity index (χ4n) is 3.85. The average molecular weight is 483 g/mol. The zero-order valence-electron chi connectivity index (χ0n) is 20.5. The molecule has 1 heterocycles. The number of benzene rings is 2. The Balaban J connectivity index is 1.50. The van der Waals surface area contributed by atoms with Crippen LogP contribution in [0, 0.1) is 0 Å². The molecule has 0 radical (unpaired) electrons. The van der Waals surface area contributed by atoms with Crippen molar-refractivity contribution in [1.82, 2.24) is 10.6 Å². The molecule has 190 valence electrons. The van der Waals surface area contributed by atoms with Crippen LogP contribution in [0.25, 0.3) is 0 Å². The van der Waals surface area contributed by atoms with Crippen LogP contribution in [0.1, 0.15) is 56.6 Å². The highest BCUT2D eigenvalue weighted by molar-refractivity contribution is 5.95. The molecule has 1 aliphatic rings. The second-order valence-electron chi connectivity index (χ2n) is 8.88. The van der Waals surface area contributed by atoms with E-state index in [9.17, 15) is 15.0 Å². The summed E-state index contributed by atoms with van der Waals surface area (Å²) >= 11 is 0. The monoisotopic (exact) mass is 482 g/mol. The van der Waals surface area contributed by atoms with Gasteiger partial charge in [-0.2, -0.15) is 0 Å². The number of aliphatic hydroxyl groups is 2. The first-order valence-electron chi connectivity index (χ1n) is 12.5. The van der Waals surface area contributed by atoms with Gasteiger partial charge in [-0.05, 0) is 61.1 Å². The lowest BCUT2D eigenvalue weighted by atomic mass is 10.1. The highest BCUT2D eigenvalue weighted by atomic mass is 16.5. The highest BCUT2D eigenvalue weighted by Crippen LogP contribution is 2.18. The number of nitrogens with zero attached hydrogens (tertiary/aromatic N) is 1. The maximum atomic E-state index is 12.0. The van der Waals surface area contributed by atoms with E-state index >= 15 is 0 Å². The fraction of sp³-hybridized carbons (Fsp3) is 0.481. The summed E-state index contributed by atoms with van der Waals surface area (Å²) in [5.41, 5.74) is 2.93. The number of urea groups is 1. The van der Waals surface area contributed by atoms with Crippen LogP contribution in [0.2, 0.25) is 0 Å². The average Bonchev–Trinajstić information content (AvgIpc) is 3.12. The number of anilines is 1. The molecule has 5 N–H and O–H groups in total. The molecule has 0 saturated carbocycles. The van der Waals surface area contributed by atoms with E-state index in [0.717, 1.165) is 54.9 Å². The summed E-state index contributed by atoms with van der Waals surface area (Å²) in [6.07, 6.45) is 5.02. The van der Waals surface area contributed by atoms with Crippen LogP contribution in [0.15, 0.2) is 53.5 Å². The normalized spacial score (nSPS) is 14.6. The molecule has 2 amide bonds. The summed E-state index contributed by atoms with van der Waals surface area (Å²) in [4.78, 5) is 16.6. The third kappa shape index (κ3) is 9.58. The first-order chi connectivity index (χ1) is 17.0. The third-order valence-electron chi connectivity index (χ3n) is 5.87. The number of aliphatic imine (C=N–C) groups is 1. The minimum Gasteiger partial charge on any atom is -0.489 e. The predicted molar refractivity (Wildman–Crippen MR) is 139 cm³/mol. The number of aliphatic hydroxyl groups excluding tert-OH is 1. The van der Waals surface area contributed by atoms with E-state index in [1.807, 2.05) is 49.4 Å². The maximum absolute atomic E-state index is 12.0. The standard InChI is InChI=1S/C27H38N4O4/c1-2-3-15-29-27(34)31-24(26(32)33)18-20-11-13-23(14-12-20)35-19-21-8-7-9-22(17-21)30-25-10-5-4-6-16-28-25/h7-9,11-14,17,24,26,32-33H,2-6,10,15-16,18-19H2,1H3,(H,28,30)(H2,29,31,34). The molecule has 35 heavy (non-hydrogen) atoms. The molecule has 2 aromatic carbocycles. The summed E-state index contributed by atoms with van der Waals surface area (Å²) in [6, 6.07) is 14.4. The first kappa shape index (κ1) is 26.5. The third-order valence-corrected chi connectivity index (χ3v) is 5.87. The van der Waals surface area contributed by atoms with E-state index in [2.05, 4.69) is 27.0 Å². The van der Waals surface area contributed by atoms with Crippen molar-refractivity contribution in [2.75, 3.05) is 18.4 Å². The topological polar surface area (TPSA) is 115 Å². The number of carbonyl (C=O) groups excluding carboxylic acids is 1. The zero-order valence-corrected chi connectivity index (χ0v) is 20.5. The Bertz CT molecular complexity index is 946. The molecule has 8 nitrogen and oxygen atoms in total. The van der Waals surface area contributed by atoms with E-state index in [4.69, 9.17) is 4.74 Å². The maximum Gasteiger partial charge on any atom is 0.315 e. The van der Waals surface area contributed by atoms with E-state index in [1.54, 1.807) is 0 Å². The number of rotatable bonds is 11. The molecule has 3 rings (SSSR count). The number of hydrogen-bond donors (Lipinski definition) is 5. The van der Waals surface area contributed by atoms with Gasteiger partial charge >= 0.3 is 6.03 Å². The van der Waals surface area contributed by atoms with Crippen molar-refractivity contribution >= 4 is 17.6 Å². The smallest absolute Gasteiger partial charge is 0.315 e. The van der Waals surface area contributed by atoms with Crippen molar-refractivity contribution in [3.05, 3.63) is 59.7 Å². The number of amides is 2. The highest BCUT2D eigenvalue weighted by Gasteiger charge is 2.19. The second-order valence-corrected chi connectivity index (χ2v) is 8.88. The first-order valence-corrected chi connectivity index (χ1v) is 12.5. The van der Waals surface area contributed by atoms with Crippen molar-refractivity contribution in [3.63, 3.8) is 0 Å². The fourth-order valence-corrected chi connectivity index (χ4v) is 3.85. The zero-order chi connectivity index (χ0) is 24.9. The van der Waals surface area contributed by atoms with Gasteiger partial charge in [0.2, 0.25) is 0 Å². The molecule has 8 heteroatoms. The molecule has 1 unspecified atom stereocenters. The Kier molecular flexibility index (Phi) is 10.9. The Hall–Kier alpha value is -3.10. The lowest BCUT2D eigenvalue weighted by molar-refractivity contribution is -0.0639. The van der Waals surface area contributed by atoms with E-state index in [-0.39, 0.29) is 6.42 Å². The van der Waals surface area contributed by atoms with Crippen LogP contribution in [-0.4, -0.2) is 47.5 Å². The molecule has 0 saturated heterocycles. The second kappa shape index (κ2) is 14.3. The number of carbonyl (C=O) groups is 1. The van der Waals surface area contributed by atoms with Gasteiger partial charge in [-0.15, -0.1) is 0 Å². The Morgan fingerprint density at radius 3 is 2.69 bits per heavy atom. The van der Waals surface area contributed by atoms with Crippen molar-refractivity contribution in [3.8, 4) is 5.75 Å². The largest absolute Gasteiger partial charge is 0.489 e. The summed E-state index contributed by atoms with van der Waals surface area (Å²) in [5.74, 6) is 1.77. The van der Waals surface area contributed by atoms with Crippen molar-refractivity contribution < 1.29 is 19.7 Å². The van der Waals surface area contributed by atoms with E-state index in [1.165, 1.54) is 12.8 Å². The predicted octanol–water partition coefficient (Wildman–Crippen LogP) is 3.97. The van der Waals surface area contributed by atoms with Crippen LogP contribution in [0.4, 0.5) is 10.5 Å². The minimum absolute atomic E-state index is 0.288. The van der Waals surface area contributed by atoms with Crippen LogP contribution >= 0.6 is 0 Å². The molecule has 0 spiro atoms. The van der Waals surface area contributed by atoms with Crippen molar-refractivity contribution in [2.24, 2.45) is 4.99 Å². The molecule has 0 aliphatic carbocycles. The van der Waals surface area contributed by atoms with Crippen LogP contribution < -0.4 is 20.7 Å². The van der Waals surface area contributed by atoms with E-state index in [0.29, 0.717) is 18.9 Å². The lowest BCUT2D eigenvalue weighted by Crippen LogP contribution is -2.49. The van der Waals surface area contributed by atoms with Gasteiger partial charge in [0.15, 0.2) is 6.29 Å². The molecular formula is C27H38N4O4. The van der Waals surface area contributed by atoms with Gasteiger partial charge in [0.1, 0.15) is 18.2 Å². The van der Waals surface area contributed by atoms with Gasteiger partial charge in [0, 0.05) is 25.2 Å². The molecule has 1 atom stereocenters.